The van der Waals surface area contributed by atoms with Gasteiger partial charge in [0, 0.05) is 24.8 Å². The third kappa shape index (κ3) is 2.96. The fraction of sp³-hybridized carbons (Fsp3) is 0.538. The summed E-state index contributed by atoms with van der Waals surface area (Å²) < 4.78 is 0. The molecule has 1 aromatic rings. The molecule has 1 rings (SSSR count). The summed E-state index contributed by atoms with van der Waals surface area (Å²) in [5.74, 6) is 0. The van der Waals surface area contributed by atoms with Crippen LogP contribution < -0.4 is 10.6 Å². The van der Waals surface area contributed by atoms with Gasteiger partial charge in [-0.05, 0) is 38.0 Å². The van der Waals surface area contributed by atoms with E-state index >= 15 is 0 Å². The Labute approximate surface area is 93.1 Å². The minimum Gasteiger partial charge on any atom is -0.372 e. The summed E-state index contributed by atoms with van der Waals surface area (Å²) in [5.41, 5.74) is 8.49. The number of benzene rings is 1. The van der Waals surface area contributed by atoms with Gasteiger partial charge in [0.25, 0.3) is 0 Å². The molecule has 0 aliphatic rings. The Morgan fingerprint density at radius 2 is 1.60 bits per heavy atom. The van der Waals surface area contributed by atoms with Crippen molar-refractivity contribution in [3.8, 4) is 0 Å². The summed E-state index contributed by atoms with van der Waals surface area (Å²) in [4.78, 5) is 2.33. The molecule has 2 nitrogen and oxygen atoms in total. The van der Waals surface area contributed by atoms with Crippen molar-refractivity contribution in [1.29, 1.82) is 0 Å². The van der Waals surface area contributed by atoms with Crippen molar-refractivity contribution in [2.24, 2.45) is 5.73 Å². The molecule has 0 aliphatic carbocycles. The van der Waals surface area contributed by atoms with E-state index in [9.17, 15) is 0 Å². The summed E-state index contributed by atoms with van der Waals surface area (Å²) in [5, 5.41) is 0. The maximum atomic E-state index is 5.97. The predicted molar refractivity (Wildman–Crippen MR) is 67.2 cm³/mol. The lowest BCUT2D eigenvalue weighted by atomic mass is 10.1. The second kappa shape index (κ2) is 5.76. The van der Waals surface area contributed by atoms with Gasteiger partial charge < -0.3 is 10.6 Å². The number of nitrogens with two attached hydrogens (primary N) is 1. The molecule has 0 bridgehead atoms. The van der Waals surface area contributed by atoms with Crippen LogP contribution in [-0.2, 0) is 0 Å². The molecular weight excluding hydrogens is 184 g/mol. The van der Waals surface area contributed by atoms with E-state index in [1.807, 2.05) is 0 Å². The van der Waals surface area contributed by atoms with Crippen molar-refractivity contribution in [3.05, 3.63) is 29.8 Å². The average molecular weight is 206 g/mol. The van der Waals surface area contributed by atoms with Crippen molar-refractivity contribution >= 4 is 5.69 Å². The molecule has 1 aromatic carbocycles. The Morgan fingerprint density at radius 1 is 1.07 bits per heavy atom. The molecule has 15 heavy (non-hydrogen) atoms. The Kier molecular flexibility index (Phi) is 4.63. The van der Waals surface area contributed by atoms with Crippen LogP contribution in [0.2, 0.25) is 0 Å². The highest BCUT2D eigenvalue weighted by Gasteiger charge is 2.04. The minimum absolute atomic E-state index is 0.177. The summed E-state index contributed by atoms with van der Waals surface area (Å²) in [6.45, 7) is 8.57. The third-order valence-electron chi connectivity index (χ3n) is 2.89. The zero-order valence-corrected chi connectivity index (χ0v) is 10.0. The first-order chi connectivity index (χ1) is 7.22. The van der Waals surface area contributed by atoms with E-state index in [-0.39, 0.29) is 6.04 Å². The summed E-state index contributed by atoms with van der Waals surface area (Å²) in [7, 11) is 0. The predicted octanol–water partition coefficient (Wildman–Crippen LogP) is 2.94. The molecule has 2 N–H and O–H groups in total. The maximum absolute atomic E-state index is 5.97. The lowest BCUT2D eigenvalue weighted by Crippen LogP contribution is -2.21. The van der Waals surface area contributed by atoms with Crippen LogP contribution in [-0.4, -0.2) is 13.1 Å². The van der Waals surface area contributed by atoms with Gasteiger partial charge in [-0.3, -0.25) is 0 Å². The van der Waals surface area contributed by atoms with E-state index in [1.165, 1.54) is 11.3 Å². The highest BCUT2D eigenvalue weighted by atomic mass is 15.1. The lowest BCUT2D eigenvalue weighted by molar-refractivity contribution is 0.698. The number of anilines is 1. The number of nitrogens with zero attached hydrogens (tertiary/aromatic N) is 1. The first-order valence-electron chi connectivity index (χ1n) is 5.83. The third-order valence-corrected chi connectivity index (χ3v) is 2.89. The summed E-state index contributed by atoms with van der Waals surface area (Å²) in [6, 6.07) is 8.79. The van der Waals surface area contributed by atoms with Gasteiger partial charge in [0.15, 0.2) is 0 Å². The molecule has 84 valence electrons. The molecule has 0 spiro atoms. The van der Waals surface area contributed by atoms with E-state index in [2.05, 4.69) is 49.9 Å². The van der Waals surface area contributed by atoms with Crippen LogP contribution in [0.25, 0.3) is 0 Å². The van der Waals surface area contributed by atoms with Crippen molar-refractivity contribution in [3.63, 3.8) is 0 Å². The fourth-order valence-electron chi connectivity index (χ4n) is 1.76. The molecule has 1 atom stereocenters. The highest BCUT2D eigenvalue weighted by Crippen LogP contribution is 2.19. The van der Waals surface area contributed by atoms with Gasteiger partial charge in [-0.2, -0.15) is 0 Å². The monoisotopic (exact) mass is 206 g/mol. The van der Waals surface area contributed by atoms with Gasteiger partial charge in [-0.15, -0.1) is 0 Å². The van der Waals surface area contributed by atoms with Gasteiger partial charge in [0.05, 0.1) is 0 Å². The van der Waals surface area contributed by atoms with Crippen molar-refractivity contribution in [1.82, 2.24) is 0 Å². The molecule has 0 saturated carbocycles. The van der Waals surface area contributed by atoms with Gasteiger partial charge in [-0.1, -0.05) is 19.1 Å². The van der Waals surface area contributed by atoms with E-state index in [1.54, 1.807) is 0 Å². The van der Waals surface area contributed by atoms with Gasteiger partial charge >= 0.3 is 0 Å². The molecule has 1 unspecified atom stereocenters. The standard InChI is InChI=1S/C13H22N2/c1-4-13(14)11-7-9-12(10-8-11)15(5-2)6-3/h7-10,13H,4-6,14H2,1-3H3. The van der Waals surface area contributed by atoms with Crippen LogP contribution in [0.4, 0.5) is 5.69 Å². The van der Waals surface area contributed by atoms with Gasteiger partial charge in [-0.25, -0.2) is 0 Å². The summed E-state index contributed by atoms with van der Waals surface area (Å²) in [6.07, 6.45) is 0.991. The van der Waals surface area contributed by atoms with E-state index in [0.717, 1.165) is 19.5 Å². The molecule has 0 amide bonds. The smallest absolute Gasteiger partial charge is 0.0366 e. The van der Waals surface area contributed by atoms with Gasteiger partial charge in [0.1, 0.15) is 0 Å². The SMILES string of the molecule is CCC(N)c1ccc(N(CC)CC)cc1. The first-order valence-corrected chi connectivity index (χ1v) is 5.83. The Bertz CT molecular complexity index is 275. The minimum atomic E-state index is 0.177. The highest BCUT2D eigenvalue weighted by molar-refractivity contribution is 5.47. The van der Waals surface area contributed by atoms with E-state index in [0.29, 0.717) is 0 Å². The van der Waals surface area contributed by atoms with Crippen LogP contribution >= 0.6 is 0 Å². The van der Waals surface area contributed by atoms with Crippen LogP contribution in [0, 0.1) is 0 Å². The van der Waals surface area contributed by atoms with Crippen LogP contribution in [0.3, 0.4) is 0 Å². The first kappa shape index (κ1) is 12.1. The van der Waals surface area contributed by atoms with Crippen molar-refractivity contribution in [2.45, 2.75) is 33.2 Å². The van der Waals surface area contributed by atoms with Crippen molar-refractivity contribution in [2.75, 3.05) is 18.0 Å². The molecule has 0 aliphatic heterocycles. The molecule has 0 radical (unpaired) electrons. The van der Waals surface area contributed by atoms with Gasteiger partial charge in [0.2, 0.25) is 0 Å². The zero-order chi connectivity index (χ0) is 11.3. The Balaban J connectivity index is 2.79. The fourth-order valence-corrected chi connectivity index (χ4v) is 1.76. The molecule has 0 heterocycles. The van der Waals surface area contributed by atoms with E-state index in [4.69, 9.17) is 5.73 Å². The Morgan fingerprint density at radius 3 is 2.00 bits per heavy atom. The van der Waals surface area contributed by atoms with Crippen LogP contribution in [0.5, 0.6) is 0 Å². The van der Waals surface area contributed by atoms with Crippen LogP contribution in [0.1, 0.15) is 38.8 Å². The maximum Gasteiger partial charge on any atom is 0.0366 e. The molecule has 0 aromatic heterocycles. The topological polar surface area (TPSA) is 29.3 Å². The summed E-state index contributed by atoms with van der Waals surface area (Å²) >= 11 is 0. The molecule has 0 saturated heterocycles. The quantitative estimate of drug-likeness (QED) is 0.802. The zero-order valence-electron chi connectivity index (χ0n) is 10.0. The van der Waals surface area contributed by atoms with Crippen molar-refractivity contribution < 1.29 is 0 Å². The second-order valence-electron chi connectivity index (χ2n) is 3.78. The average Bonchev–Trinajstić information content (AvgIpc) is 2.30. The number of rotatable bonds is 5. The largest absolute Gasteiger partial charge is 0.372 e. The molecular formula is C13H22N2. The van der Waals surface area contributed by atoms with Crippen LogP contribution in [0.15, 0.2) is 24.3 Å². The molecule has 0 fully saturated rings. The lowest BCUT2D eigenvalue weighted by Gasteiger charge is -2.21. The number of hydrogen-bond donors (Lipinski definition) is 1. The second-order valence-corrected chi connectivity index (χ2v) is 3.78. The number of hydrogen-bond acceptors (Lipinski definition) is 2. The van der Waals surface area contributed by atoms with E-state index < -0.39 is 0 Å². The Hall–Kier alpha value is -1.02. The molecule has 2 heteroatoms. The normalized spacial score (nSPS) is 12.5.